The fourth-order valence-electron chi connectivity index (χ4n) is 2.36. The van der Waals surface area contributed by atoms with E-state index in [9.17, 15) is 4.79 Å². The molecule has 0 spiro atoms. The molecule has 1 heterocycles. The van der Waals surface area contributed by atoms with Gasteiger partial charge in [-0.2, -0.15) is 0 Å². The van der Waals surface area contributed by atoms with Crippen molar-refractivity contribution in [2.45, 2.75) is 6.54 Å². The predicted molar refractivity (Wildman–Crippen MR) is 88.5 cm³/mol. The van der Waals surface area contributed by atoms with E-state index < -0.39 is 0 Å². The van der Waals surface area contributed by atoms with Gasteiger partial charge in [0.05, 0.1) is 6.54 Å². The first kappa shape index (κ1) is 14.6. The molecule has 2 aromatic rings. The number of carbonyl (C=O) groups excluding carboxylic acids is 1. The van der Waals surface area contributed by atoms with Crippen molar-refractivity contribution in [2.24, 2.45) is 0 Å². The molecule has 1 amide bonds. The summed E-state index contributed by atoms with van der Waals surface area (Å²) in [5.41, 5.74) is 1.70. The molecule has 3 nitrogen and oxygen atoms in total. The Hall–Kier alpha value is -1.33. The molecule has 1 aliphatic rings. The van der Waals surface area contributed by atoms with Crippen LogP contribution in [0.1, 0.15) is 15.9 Å². The number of rotatable bonds is 1. The zero-order chi connectivity index (χ0) is 14.8. The number of carbonyl (C=O) groups is 1. The molecule has 0 aliphatic carbocycles. The van der Waals surface area contributed by atoms with E-state index in [0.717, 1.165) is 20.3 Å². The lowest BCUT2D eigenvalue weighted by Crippen LogP contribution is -2.32. The maximum atomic E-state index is 12.7. The summed E-state index contributed by atoms with van der Waals surface area (Å²) in [5.74, 6) is 0.875. The molecule has 0 atom stereocenters. The smallest absolute Gasteiger partial charge is 0.254 e. The Labute approximate surface area is 140 Å². The summed E-state index contributed by atoms with van der Waals surface area (Å²) < 4.78 is 7.46. The minimum absolute atomic E-state index is 0.0114. The third-order valence-electron chi connectivity index (χ3n) is 3.35. The lowest BCUT2D eigenvalue weighted by Gasteiger charge is -2.20. The normalized spacial score (nSPS) is 14.1. The topological polar surface area (TPSA) is 29.5 Å². The first-order chi connectivity index (χ1) is 10.1. The number of amides is 1. The van der Waals surface area contributed by atoms with E-state index in [2.05, 4.69) is 31.9 Å². The summed E-state index contributed by atoms with van der Waals surface area (Å²) in [7, 11) is 0. The van der Waals surface area contributed by atoms with Crippen LogP contribution in [-0.2, 0) is 6.54 Å². The molecule has 0 aromatic heterocycles. The zero-order valence-corrected chi connectivity index (χ0v) is 14.4. The molecule has 0 radical (unpaired) electrons. The number of nitrogens with zero attached hydrogens (tertiary/aromatic N) is 1. The number of ether oxygens (including phenoxy) is 1. The van der Waals surface area contributed by atoms with Gasteiger partial charge in [0.1, 0.15) is 12.4 Å². The van der Waals surface area contributed by atoms with Crippen molar-refractivity contribution in [3.63, 3.8) is 0 Å². The molecular weight excluding hydrogens is 398 g/mol. The van der Waals surface area contributed by atoms with Crippen molar-refractivity contribution in [2.75, 3.05) is 13.2 Å². The van der Waals surface area contributed by atoms with E-state index in [1.165, 1.54) is 0 Å². The number of fused-ring (bicyclic) bond motifs is 1. The summed E-state index contributed by atoms with van der Waals surface area (Å²) in [6, 6.07) is 13.4. The summed E-state index contributed by atoms with van der Waals surface area (Å²) in [5, 5.41) is 0. The van der Waals surface area contributed by atoms with Crippen LogP contribution in [0.3, 0.4) is 0 Å². The molecule has 0 fully saturated rings. The van der Waals surface area contributed by atoms with Gasteiger partial charge in [0.25, 0.3) is 5.91 Å². The largest absolute Gasteiger partial charge is 0.491 e. The average Bonchev–Trinajstić information content (AvgIpc) is 2.67. The van der Waals surface area contributed by atoms with E-state index in [0.29, 0.717) is 25.3 Å². The van der Waals surface area contributed by atoms with E-state index in [4.69, 9.17) is 4.74 Å². The second-order valence-corrected chi connectivity index (χ2v) is 6.67. The van der Waals surface area contributed by atoms with Crippen LogP contribution >= 0.6 is 31.9 Å². The van der Waals surface area contributed by atoms with Crippen LogP contribution < -0.4 is 4.74 Å². The lowest BCUT2D eigenvalue weighted by atomic mass is 10.1. The van der Waals surface area contributed by atoms with Crippen molar-refractivity contribution in [1.29, 1.82) is 0 Å². The predicted octanol–water partition coefficient (Wildman–Crippen LogP) is 4.25. The third kappa shape index (κ3) is 3.30. The zero-order valence-electron chi connectivity index (χ0n) is 11.2. The van der Waals surface area contributed by atoms with Gasteiger partial charge in [0.2, 0.25) is 0 Å². The van der Waals surface area contributed by atoms with E-state index in [1.807, 2.05) is 47.4 Å². The Balaban J connectivity index is 1.88. The van der Waals surface area contributed by atoms with Crippen LogP contribution in [0.5, 0.6) is 5.75 Å². The van der Waals surface area contributed by atoms with Crippen molar-refractivity contribution in [3.8, 4) is 5.75 Å². The van der Waals surface area contributed by atoms with E-state index in [1.54, 1.807) is 0 Å². The van der Waals surface area contributed by atoms with Gasteiger partial charge in [-0.15, -0.1) is 0 Å². The number of hydrogen-bond acceptors (Lipinski definition) is 2. The van der Waals surface area contributed by atoms with Crippen molar-refractivity contribution in [3.05, 3.63) is 62.5 Å². The van der Waals surface area contributed by atoms with Crippen LogP contribution in [0.2, 0.25) is 0 Å². The van der Waals surface area contributed by atoms with Crippen LogP contribution in [0.25, 0.3) is 0 Å². The Kier molecular flexibility index (Phi) is 4.31. The second-order valence-electron chi connectivity index (χ2n) is 4.84. The average molecular weight is 411 g/mol. The highest BCUT2D eigenvalue weighted by Gasteiger charge is 2.21. The minimum atomic E-state index is 0.0114. The van der Waals surface area contributed by atoms with Gasteiger partial charge in [-0.05, 0) is 24.3 Å². The van der Waals surface area contributed by atoms with Gasteiger partial charge in [0.15, 0.2) is 0 Å². The van der Waals surface area contributed by atoms with Crippen LogP contribution in [0, 0.1) is 0 Å². The Morgan fingerprint density at radius 3 is 2.57 bits per heavy atom. The molecule has 0 saturated carbocycles. The lowest BCUT2D eigenvalue weighted by molar-refractivity contribution is 0.0733. The van der Waals surface area contributed by atoms with Gasteiger partial charge in [-0.3, -0.25) is 4.79 Å². The maximum absolute atomic E-state index is 12.7. The highest BCUT2D eigenvalue weighted by atomic mass is 79.9. The molecule has 5 heteroatoms. The molecule has 2 aromatic carbocycles. The van der Waals surface area contributed by atoms with E-state index in [-0.39, 0.29) is 5.91 Å². The van der Waals surface area contributed by atoms with Crippen LogP contribution in [0.15, 0.2) is 51.4 Å². The molecule has 0 N–H and O–H groups in total. The highest BCUT2D eigenvalue weighted by molar-refractivity contribution is 9.11. The molecule has 21 heavy (non-hydrogen) atoms. The fourth-order valence-corrected chi connectivity index (χ4v) is 3.65. The second kappa shape index (κ2) is 6.20. The number of hydrogen-bond donors (Lipinski definition) is 0. The summed E-state index contributed by atoms with van der Waals surface area (Å²) in [6.07, 6.45) is 0. The Bertz CT molecular complexity index is 667. The van der Waals surface area contributed by atoms with Gasteiger partial charge in [-0.1, -0.05) is 50.1 Å². The molecular formula is C16H13Br2NO2. The van der Waals surface area contributed by atoms with Crippen molar-refractivity contribution < 1.29 is 9.53 Å². The quantitative estimate of drug-likeness (QED) is 0.703. The molecule has 108 valence electrons. The van der Waals surface area contributed by atoms with Gasteiger partial charge in [0, 0.05) is 26.6 Å². The number of benzene rings is 2. The van der Waals surface area contributed by atoms with Gasteiger partial charge in [-0.25, -0.2) is 0 Å². The van der Waals surface area contributed by atoms with Crippen LogP contribution in [-0.4, -0.2) is 24.0 Å². The summed E-state index contributed by atoms with van der Waals surface area (Å²) >= 11 is 6.84. The molecule has 3 rings (SSSR count). The van der Waals surface area contributed by atoms with Crippen molar-refractivity contribution >= 4 is 37.8 Å². The molecule has 0 bridgehead atoms. The van der Waals surface area contributed by atoms with Crippen LogP contribution in [0.4, 0.5) is 0 Å². The van der Waals surface area contributed by atoms with Crippen molar-refractivity contribution in [1.82, 2.24) is 4.90 Å². The molecule has 0 saturated heterocycles. The molecule has 1 aliphatic heterocycles. The first-order valence-corrected chi connectivity index (χ1v) is 8.18. The minimum Gasteiger partial charge on any atom is -0.491 e. The SMILES string of the molecule is O=C(c1cc(Br)cc(Br)c1)N1CCOc2ccccc2C1. The number of para-hydroxylation sites is 1. The number of halogens is 2. The standard InChI is InChI=1S/C16H13Br2NO2/c17-13-7-12(8-14(18)9-13)16(20)19-5-6-21-15-4-2-1-3-11(15)10-19/h1-4,7-9H,5-6,10H2. The van der Waals surface area contributed by atoms with E-state index >= 15 is 0 Å². The van der Waals surface area contributed by atoms with Gasteiger partial charge < -0.3 is 9.64 Å². The fraction of sp³-hybridized carbons (Fsp3) is 0.188. The van der Waals surface area contributed by atoms with Gasteiger partial charge >= 0.3 is 0 Å². The highest BCUT2D eigenvalue weighted by Crippen LogP contribution is 2.25. The third-order valence-corrected chi connectivity index (χ3v) is 4.26. The monoisotopic (exact) mass is 409 g/mol. The summed E-state index contributed by atoms with van der Waals surface area (Å²) in [4.78, 5) is 14.5. The first-order valence-electron chi connectivity index (χ1n) is 6.59. The Morgan fingerprint density at radius 1 is 1.10 bits per heavy atom. The summed E-state index contributed by atoms with van der Waals surface area (Å²) in [6.45, 7) is 1.66. The molecule has 0 unspecified atom stereocenters. The maximum Gasteiger partial charge on any atom is 0.254 e. The Morgan fingerprint density at radius 2 is 1.81 bits per heavy atom.